The molecule has 1 amide bonds. The van der Waals surface area contributed by atoms with E-state index in [2.05, 4.69) is 0 Å². The van der Waals surface area contributed by atoms with Crippen LogP contribution in [0.5, 0.6) is 5.75 Å². The average molecular weight is 271 g/mol. The number of hydrogen-bond donors (Lipinski definition) is 2. The van der Waals surface area contributed by atoms with Gasteiger partial charge in [0, 0.05) is 25.0 Å². The maximum absolute atomic E-state index is 12.0. The Kier molecular flexibility index (Phi) is 4.22. The van der Waals surface area contributed by atoms with Crippen molar-refractivity contribution in [1.82, 2.24) is 0 Å². The number of amides is 1. The van der Waals surface area contributed by atoms with Crippen molar-refractivity contribution in [3.05, 3.63) is 54.1 Å². The van der Waals surface area contributed by atoms with Gasteiger partial charge in [-0.1, -0.05) is 12.1 Å². The highest BCUT2D eigenvalue weighted by Gasteiger charge is 2.13. The van der Waals surface area contributed by atoms with E-state index in [0.717, 1.165) is 5.56 Å². The maximum atomic E-state index is 12.0. The lowest BCUT2D eigenvalue weighted by molar-refractivity contribution is 0.209. The Bertz CT molecular complexity index is 579. The van der Waals surface area contributed by atoms with E-state index in [1.807, 2.05) is 12.1 Å². The molecule has 0 aliphatic carbocycles. The molecule has 0 radical (unpaired) electrons. The molecule has 2 aromatic rings. The molecule has 5 heteroatoms. The van der Waals surface area contributed by atoms with Crippen LogP contribution in [-0.2, 0) is 6.54 Å². The third-order valence-electron chi connectivity index (χ3n) is 2.92. The summed E-state index contributed by atoms with van der Waals surface area (Å²) in [4.78, 5) is 13.4. The lowest BCUT2D eigenvalue weighted by Gasteiger charge is -2.17. The first-order valence-electron chi connectivity index (χ1n) is 6.20. The van der Waals surface area contributed by atoms with Crippen LogP contribution in [0.25, 0.3) is 0 Å². The van der Waals surface area contributed by atoms with Crippen molar-refractivity contribution in [1.29, 1.82) is 0 Å². The van der Waals surface area contributed by atoms with Gasteiger partial charge in [0.2, 0.25) is 0 Å². The van der Waals surface area contributed by atoms with Gasteiger partial charge in [-0.3, -0.25) is 4.90 Å². The number of carbonyl (C=O) groups excluding carboxylic acids is 1. The molecule has 0 spiro atoms. The second-order valence-electron chi connectivity index (χ2n) is 4.37. The molecule has 0 aromatic heterocycles. The summed E-state index contributed by atoms with van der Waals surface area (Å²) in [6.07, 6.45) is -0.463. The summed E-state index contributed by atoms with van der Waals surface area (Å²) < 4.78 is 5.28. The van der Waals surface area contributed by atoms with E-state index < -0.39 is 6.09 Å². The number of carbonyl (C=O) groups is 1. The molecule has 0 fully saturated rings. The summed E-state index contributed by atoms with van der Waals surface area (Å²) in [6, 6.07) is 14.1. The zero-order chi connectivity index (χ0) is 14.5. The molecule has 104 valence electrons. The minimum atomic E-state index is -0.463. The fourth-order valence-corrected chi connectivity index (χ4v) is 1.67. The fraction of sp³-hybridized carbons (Fsp3) is 0.133. The van der Waals surface area contributed by atoms with Crippen LogP contribution >= 0.6 is 0 Å². The number of nitrogens with two attached hydrogens (primary N) is 2. The standard InChI is InChI=1S/C15H17N3O2/c1-18(13-6-4-12(17)5-7-13)15(19)20-14-8-2-11(10-16)3-9-14/h2-9H,10,16-17H2,1H3. The molecule has 0 saturated carbocycles. The van der Waals surface area contributed by atoms with E-state index in [0.29, 0.717) is 23.7 Å². The predicted octanol–water partition coefficient (Wildman–Crippen LogP) is 2.36. The van der Waals surface area contributed by atoms with Gasteiger partial charge in [0.1, 0.15) is 5.75 Å². The van der Waals surface area contributed by atoms with E-state index in [1.54, 1.807) is 43.4 Å². The Labute approximate surface area is 117 Å². The number of nitrogens with zero attached hydrogens (tertiary/aromatic N) is 1. The number of benzene rings is 2. The molecule has 0 atom stereocenters. The smallest absolute Gasteiger partial charge is 0.410 e. The van der Waals surface area contributed by atoms with Gasteiger partial charge >= 0.3 is 6.09 Å². The van der Waals surface area contributed by atoms with Crippen molar-refractivity contribution in [2.24, 2.45) is 5.73 Å². The Morgan fingerprint density at radius 2 is 1.70 bits per heavy atom. The zero-order valence-electron chi connectivity index (χ0n) is 11.2. The van der Waals surface area contributed by atoms with Crippen LogP contribution in [0.15, 0.2) is 48.5 Å². The van der Waals surface area contributed by atoms with E-state index in [9.17, 15) is 4.79 Å². The minimum Gasteiger partial charge on any atom is -0.410 e. The van der Waals surface area contributed by atoms with Gasteiger partial charge in [-0.15, -0.1) is 0 Å². The lowest BCUT2D eigenvalue weighted by atomic mass is 10.2. The summed E-state index contributed by atoms with van der Waals surface area (Å²) >= 11 is 0. The summed E-state index contributed by atoms with van der Waals surface area (Å²) in [6.45, 7) is 0.458. The quantitative estimate of drug-likeness (QED) is 0.840. The molecule has 0 unspecified atom stereocenters. The van der Waals surface area contributed by atoms with Gasteiger partial charge in [0.15, 0.2) is 0 Å². The molecule has 5 nitrogen and oxygen atoms in total. The van der Waals surface area contributed by atoms with Crippen molar-refractivity contribution in [2.75, 3.05) is 17.7 Å². The molecule has 4 N–H and O–H groups in total. The monoisotopic (exact) mass is 271 g/mol. The van der Waals surface area contributed by atoms with Crippen molar-refractivity contribution in [2.45, 2.75) is 6.54 Å². The van der Waals surface area contributed by atoms with Crippen LogP contribution in [0.1, 0.15) is 5.56 Å². The average Bonchev–Trinajstić information content (AvgIpc) is 2.48. The molecule has 20 heavy (non-hydrogen) atoms. The SMILES string of the molecule is CN(C(=O)Oc1ccc(CN)cc1)c1ccc(N)cc1. The van der Waals surface area contributed by atoms with Crippen LogP contribution in [0.4, 0.5) is 16.2 Å². The number of hydrogen-bond acceptors (Lipinski definition) is 4. The molecular formula is C15H17N3O2. The van der Waals surface area contributed by atoms with E-state index >= 15 is 0 Å². The highest BCUT2D eigenvalue weighted by Crippen LogP contribution is 2.18. The van der Waals surface area contributed by atoms with Crippen molar-refractivity contribution < 1.29 is 9.53 Å². The Morgan fingerprint density at radius 3 is 2.25 bits per heavy atom. The number of anilines is 2. The highest BCUT2D eigenvalue weighted by molar-refractivity contribution is 5.88. The summed E-state index contributed by atoms with van der Waals surface area (Å²) in [5.41, 5.74) is 13.5. The highest BCUT2D eigenvalue weighted by atomic mass is 16.6. The first-order valence-corrected chi connectivity index (χ1v) is 6.20. The van der Waals surface area contributed by atoms with E-state index in [4.69, 9.17) is 16.2 Å². The number of nitrogen functional groups attached to an aromatic ring is 1. The third kappa shape index (κ3) is 3.27. The van der Waals surface area contributed by atoms with Gasteiger partial charge < -0.3 is 16.2 Å². The van der Waals surface area contributed by atoms with Gasteiger partial charge in [-0.2, -0.15) is 0 Å². The molecule has 0 bridgehead atoms. The summed E-state index contributed by atoms with van der Waals surface area (Å²) in [7, 11) is 1.64. The number of rotatable bonds is 3. The van der Waals surface area contributed by atoms with Crippen LogP contribution in [0, 0.1) is 0 Å². The first kappa shape index (κ1) is 13.9. The zero-order valence-corrected chi connectivity index (χ0v) is 11.2. The molecule has 0 saturated heterocycles. The second-order valence-corrected chi connectivity index (χ2v) is 4.37. The van der Waals surface area contributed by atoms with Gasteiger partial charge in [0.25, 0.3) is 0 Å². The van der Waals surface area contributed by atoms with Crippen molar-refractivity contribution >= 4 is 17.5 Å². The number of ether oxygens (including phenoxy) is 1. The normalized spacial score (nSPS) is 10.1. The van der Waals surface area contributed by atoms with Crippen molar-refractivity contribution in [3.63, 3.8) is 0 Å². The van der Waals surface area contributed by atoms with Crippen LogP contribution < -0.4 is 21.1 Å². The second kappa shape index (κ2) is 6.08. The minimum absolute atomic E-state index is 0.458. The molecule has 0 heterocycles. The third-order valence-corrected chi connectivity index (χ3v) is 2.92. The largest absolute Gasteiger partial charge is 0.419 e. The molecule has 0 aliphatic rings. The Balaban J connectivity index is 2.05. The Hall–Kier alpha value is -2.53. The molecule has 0 aliphatic heterocycles. The molecular weight excluding hydrogens is 254 g/mol. The van der Waals surface area contributed by atoms with Crippen LogP contribution in [0.2, 0.25) is 0 Å². The van der Waals surface area contributed by atoms with Gasteiger partial charge in [-0.05, 0) is 42.0 Å². The van der Waals surface area contributed by atoms with Gasteiger partial charge in [-0.25, -0.2) is 4.79 Å². The maximum Gasteiger partial charge on any atom is 0.419 e. The predicted molar refractivity (Wildman–Crippen MR) is 79.6 cm³/mol. The molecule has 2 rings (SSSR count). The molecule has 2 aromatic carbocycles. The van der Waals surface area contributed by atoms with Gasteiger partial charge in [0.05, 0.1) is 0 Å². The van der Waals surface area contributed by atoms with Crippen molar-refractivity contribution in [3.8, 4) is 5.75 Å². The summed E-state index contributed by atoms with van der Waals surface area (Å²) in [5, 5.41) is 0. The Morgan fingerprint density at radius 1 is 1.10 bits per heavy atom. The van der Waals surface area contributed by atoms with E-state index in [1.165, 1.54) is 4.90 Å². The van der Waals surface area contributed by atoms with Crippen LogP contribution in [0.3, 0.4) is 0 Å². The van der Waals surface area contributed by atoms with E-state index in [-0.39, 0.29) is 0 Å². The topological polar surface area (TPSA) is 81.6 Å². The lowest BCUT2D eigenvalue weighted by Crippen LogP contribution is -2.29. The fourth-order valence-electron chi connectivity index (χ4n) is 1.67. The summed E-state index contributed by atoms with van der Waals surface area (Å²) in [5.74, 6) is 0.481. The van der Waals surface area contributed by atoms with Crippen LogP contribution in [-0.4, -0.2) is 13.1 Å². The first-order chi connectivity index (χ1) is 9.60.